The first-order valence-electron chi connectivity index (χ1n) is 12.5. The molecule has 0 unspecified atom stereocenters. The minimum Gasteiger partial charge on any atom is -0.385 e. The van der Waals surface area contributed by atoms with E-state index in [0.29, 0.717) is 30.2 Å². The van der Waals surface area contributed by atoms with Gasteiger partial charge in [0.05, 0.1) is 12.8 Å². The van der Waals surface area contributed by atoms with Crippen molar-refractivity contribution in [2.45, 2.75) is 25.6 Å². The molecule has 0 saturated heterocycles. The summed E-state index contributed by atoms with van der Waals surface area (Å²) in [5, 5.41) is 3.44. The zero-order valence-corrected chi connectivity index (χ0v) is 23.7. The fourth-order valence-corrected chi connectivity index (χ4v) is 4.92. The third kappa shape index (κ3) is 9.47. The summed E-state index contributed by atoms with van der Waals surface area (Å²) < 4.78 is 31.6. The molecule has 0 bridgehead atoms. The molecule has 1 atom stereocenters. The quantitative estimate of drug-likeness (QED) is 0.295. The van der Waals surface area contributed by atoms with Crippen LogP contribution in [0.3, 0.4) is 0 Å². The first-order chi connectivity index (χ1) is 18.7. The van der Waals surface area contributed by atoms with Gasteiger partial charge in [0.2, 0.25) is 21.8 Å². The summed E-state index contributed by atoms with van der Waals surface area (Å²) >= 11 is 6.07. The number of ether oxygens (including phenoxy) is 1. The van der Waals surface area contributed by atoms with Crippen LogP contribution in [0.4, 0.5) is 0 Å². The van der Waals surface area contributed by atoms with Gasteiger partial charge in [-0.25, -0.2) is 8.42 Å². The number of amides is 2. The van der Waals surface area contributed by atoms with E-state index in [-0.39, 0.29) is 19.0 Å². The highest BCUT2D eigenvalue weighted by atomic mass is 35.5. The van der Waals surface area contributed by atoms with Gasteiger partial charge in [0, 0.05) is 38.4 Å². The van der Waals surface area contributed by atoms with Gasteiger partial charge in [-0.2, -0.15) is 4.31 Å². The van der Waals surface area contributed by atoms with Crippen LogP contribution in [0.5, 0.6) is 0 Å². The Labute approximate surface area is 235 Å². The standard InChI is InChI=1S/C29H34ClN3O5S/c1-38-19-9-18-31-29(35)28(25-12-7-4-8-13-25)33(21-24-14-16-26(30)17-15-24)27(34)22-32(39(2,36)37)20-23-10-5-3-6-11-23/h3-8,10-17,28H,9,18-22H2,1-2H3,(H,31,35)/t28-/m0/s1. The molecule has 0 radical (unpaired) electrons. The molecule has 3 rings (SSSR count). The van der Waals surface area contributed by atoms with Crippen LogP contribution in [0.1, 0.15) is 29.2 Å². The van der Waals surface area contributed by atoms with Crippen molar-refractivity contribution >= 4 is 33.4 Å². The first kappa shape index (κ1) is 30.3. The summed E-state index contributed by atoms with van der Waals surface area (Å²) in [6.45, 7) is 0.514. The Balaban J connectivity index is 1.98. The molecular weight excluding hydrogens is 538 g/mol. The summed E-state index contributed by atoms with van der Waals surface area (Å²) in [7, 11) is -2.16. The highest BCUT2D eigenvalue weighted by Crippen LogP contribution is 2.25. The van der Waals surface area contributed by atoms with Crippen molar-refractivity contribution in [2.24, 2.45) is 0 Å². The van der Waals surface area contributed by atoms with Gasteiger partial charge in [0.15, 0.2) is 0 Å². The molecule has 8 nitrogen and oxygen atoms in total. The number of halogens is 1. The number of nitrogens with one attached hydrogen (secondary N) is 1. The number of methoxy groups -OCH3 is 1. The molecule has 208 valence electrons. The number of carbonyl (C=O) groups is 2. The summed E-state index contributed by atoms with van der Waals surface area (Å²) in [6, 6.07) is 24.0. The van der Waals surface area contributed by atoms with E-state index < -0.39 is 28.5 Å². The van der Waals surface area contributed by atoms with Gasteiger partial charge < -0.3 is 15.0 Å². The summed E-state index contributed by atoms with van der Waals surface area (Å²) in [5.41, 5.74) is 2.10. The van der Waals surface area contributed by atoms with Crippen molar-refractivity contribution in [3.05, 3.63) is 107 Å². The predicted molar refractivity (Wildman–Crippen MR) is 152 cm³/mol. The van der Waals surface area contributed by atoms with Crippen molar-refractivity contribution in [3.63, 3.8) is 0 Å². The zero-order chi connectivity index (χ0) is 28.3. The van der Waals surface area contributed by atoms with Gasteiger partial charge in [-0.3, -0.25) is 9.59 Å². The Kier molecular flexibility index (Phi) is 11.5. The molecule has 0 heterocycles. The topological polar surface area (TPSA) is 96.0 Å². The van der Waals surface area contributed by atoms with Crippen LogP contribution < -0.4 is 5.32 Å². The maximum absolute atomic E-state index is 14.0. The second-order valence-electron chi connectivity index (χ2n) is 9.12. The number of rotatable bonds is 14. The van der Waals surface area contributed by atoms with Gasteiger partial charge in [0.25, 0.3) is 0 Å². The Bertz CT molecular complexity index is 1310. The summed E-state index contributed by atoms with van der Waals surface area (Å²) in [6.07, 6.45) is 1.68. The fourth-order valence-electron chi connectivity index (χ4n) is 4.06. The lowest BCUT2D eigenvalue weighted by Crippen LogP contribution is -2.48. The molecule has 0 aliphatic carbocycles. The van der Waals surface area contributed by atoms with Crippen molar-refractivity contribution in [1.82, 2.24) is 14.5 Å². The first-order valence-corrected chi connectivity index (χ1v) is 14.8. The molecule has 0 spiro atoms. The van der Waals surface area contributed by atoms with E-state index in [1.807, 2.05) is 24.3 Å². The normalized spacial score (nSPS) is 12.2. The molecule has 2 amide bonds. The van der Waals surface area contributed by atoms with Gasteiger partial charge in [-0.05, 0) is 35.2 Å². The third-order valence-electron chi connectivity index (χ3n) is 6.07. The molecule has 10 heteroatoms. The Morgan fingerprint density at radius 2 is 1.49 bits per heavy atom. The van der Waals surface area contributed by atoms with Gasteiger partial charge in [-0.1, -0.05) is 84.4 Å². The average molecular weight is 572 g/mol. The smallest absolute Gasteiger partial charge is 0.247 e. The van der Waals surface area contributed by atoms with E-state index in [2.05, 4.69) is 5.32 Å². The second kappa shape index (κ2) is 14.8. The van der Waals surface area contributed by atoms with E-state index >= 15 is 0 Å². The van der Waals surface area contributed by atoms with Crippen LogP contribution in [0.15, 0.2) is 84.9 Å². The molecule has 3 aromatic rings. The maximum atomic E-state index is 14.0. The van der Waals surface area contributed by atoms with Gasteiger partial charge in [-0.15, -0.1) is 0 Å². The zero-order valence-electron chi connectivity index (χ0n) is 22.1. The minimum atomic E-state index is -3.75. The molecule has 0 aromatic heterocycles. The Hall–Kier alpha value is -3.24. The minimum absolute atomic E-state index is 0.0272. The van der Waals surface area contributed by atoms with Crippen LogP contribution in [0.2, 0.25) is 5.02 Å². The summed E-state index contributed by atoms with van der Waals surface area (Å²) in [4.78, 5) is 28.9. The summed E-state index contributed by atoms with van der Waals surface area (Å²) in [5.74, 6) is -0.874. The highest BCUT2D eigenvalue weighted by molar-refractivity contribution is 7.88. The van der Waals surface area contributed by atoms with Crippen LogP contribution in [-0.2, 0) is 37.4 Å². The van der Waals surface area contributed by atoms with Gasteiger partial charge in [0.1, 0.15) is 6.04 Å². The number of hydrogen-bond donors (Lipinski definition) is 1. The molecule has 39 heavy (non-hydrogen) atoms. The number of nitrogens with zero attached hydrogens (tertiary/aromatic N) is 2. The second-order valence-corrected chi connectivity index (χ2v) is 11.5. The molecule has 0 aliphatic rings. The van der Waals surface area contributed by atoms with E-state index in [4.69, 9.17) is 16.3 Å². The van der Waals surface area contributed by atoms with Crippen LogP contribution in [0.25, 0.3) is 0 Å². The average Bonchev–Trinajstić information content (AvgIpc) is 2.92. The largest absolute Gasteiger partial charge is 0.385 e. The Morgan fingerprint density at radius 3 is 2.08 bits per heavy atom. The van der Waals surface area contributed by atoms with E-state index in [0.717, 1.165) is 21.7 Å². The van der Waals surface area contributed by atoms with Crippen molar-refractivity contribution in [3.8, 4) is 0 Å². The molecular formula is C29H34ClN3O5S. The number of sulfonamides is 1. The third-order valence-corrected chi connectivity index (χ3v) is 7.52. The number of hydrogen-bond acceptors (Lipinski definition) is 5. The predicted octanol–water partition coefficient (Wildman–Crippen LogP) is 4.02. The van der Waals surface area contributed by atoms with Gasteiger partial charge >= 0.3 is 0 Å². The van der Waals surface area contributed by atoms with Crippen molar-refractivity contribution in [2.75, 3.05) is 33.1 Å². The van der Waals surface area contributed by atoms with E-state index in [9.17, 15) is 18.0 Å². The van der Waals surface area contributed by atoms with Crippen LogP contribution in [-0.4, -0.2) is 62.5 Å². The maximum Gasteiger partial charge on any atom is 0.247 e. The van der Waals surface area contributed by atoms with Crippen molar-refractivity contribution < 1.29 is 22.7 Å². The molecule has 0 fully saturated rings. The molecule has 0 aliphatic heterocycles. The van der Waals surface area contributed by atoms with E-state index in [1.54, 1.807) is 67.8 Å². The van der Waals surface area contributed by atoms with E-state index in [1.165, 1.54) is 4.90 Å². The molecule has 0 saturated carbocycles. The molecule has 3 aromatic carbocycles. The highest BCUT2D eigenvalue weighted by Gasteiger charge is 2.33. The monoisotopic (exact) mass is 571 g/mol. The fraction of sp³-hybridized carbons (Fsp3) is 0.310. The number of benzene rings is 3. The Morgan fingerprint density at radius 1 is 0.897 bits per heavy atom. The van der Waals surface area contributed by atoms with Crippen molar-refractivity contribution in [1.29, 1.82) is 0 Å². The lowest BCUT2D eigenvalue weighted by atomic mass is 10.0. The lowest BCUT2D eigenvalue weighted by Gasteiger charge is -2.33. The van der Waals surface area contributed by atoms with Crippen LogP contribution >= 0.6 is 11.6 Å². The SMILES string of the molecule is COCCCNC(=O)[C@H](c1ccccc1)N(Cc1ccc(Cl)cc1)C(=O)CN(Cc1ccccc1)S(C)(=O)=O. The number of carbonyl (C=O) groups excluding carboxylic acids is 2. The lowest BCUT2D eigenvalue weighted by molar-refractivity contribution is -0.141. The van der Waals surface area contributed by atoms with Crippen LogP contribution in [0, 0.1) is 0 Å². The molecule has 1 N–H and O–H groups in total.